The van der Waals surface area contributed by atoms with Crippen molar-refractivity contribution in [1.29, 1.82) is 0 Å². The van der Waals surface area contributed by atoms with Crippen molar-refractivity contribution in [2.45, 2.75) is 6.92 Å². The van der Waals surface area contributed by atoms with Crippen LogP contribution in [0.25, 0.3) is 12.2 Å². The molecule has 0 aliphatic carbocycles. The minimum absolute atomic E-state index is 0.0495. The summed E-state index contributed by atoms with van der Waals surface area (Å²) in [6.45, 7) is 1.99. The quantitative estimate of drug-likeness (QED) is 0.695. The van der Waals surface area contributed by atoms with Crippen molar-refractivity contribution in [2.75, 3.05) is 19.0 Å². The Morgan fingerprint density at radius 2 is 2.04 bits per heavy atom. The van der Waals surface area contributed by atoms with Gasteiger partial charge in [-0.1, -0.05) is 24.3 Å². The zero-order valence-electron chi connectivity index (χ0n) is 13.5. The summed E-state index contributed by atoms with van der Waals surface area (Å²) >= 11 is 0. The minimum Gasteiger partial charge on any atom is -0.482 e. The summed E-state index contributed by atoms with van der Waals surface area (Å²) < 4.78 is 10.1. The molecule has 0 unspecified atom stereocenters. The van der Waals surface area contributed by atoms with E-state index in [9.17, 15) is 9.59 Å². The number of aryl methyl sites for hydroxylation is 1. The average molecular weight is 323 g/mol. The van der Waals surface area contributed by atoms with E-state index in [1.165, 1.54) is 7.11 Å². The predicted octanol–water partition coefficient (Wildman–Crippen LogP) is 3.28. The highest BCUT2D eigenvalue weighted by Gasteiger charge is 2.15. The maximum absolute atomic E-state index is 11.5. The number of anilines is 1. The van der Waals surface area contributed by atoms with Crippen LogP contribution in [0, 0.1) is 6.92 Å². The Labute approximate surface area is 139 Å². The molecule has 5 heteroatoms. The zero-order valence-corrected chi connectivity index (χ0v) is 13.5. The van der Waals surface area contributed by atoms with E-state index in [1.807, 2.05) is 43.3 Å². The van der Waals surface area contributed by atoms with Crippen LogP contribution in [0.4, 0.5) is 5.69 Å². The lowest BCUT2D eigenvalue weighted by molar-refractivity contribution is -0.118. The molecule has 1 aliphatic heterocycles. The monoisotopic (exact) mass is 323 g/mol. The molecule has 1 aliphatic rings. The topological polar surface area (TPSA) is 64.6 Å². The van der Waals surface area contributed by atoms with E-state index in [0.717, 1.165) is 16.7 Å². The average Bonchev–Trinajstić information content (AvgIpc) is 2.59. The second-order valence-electron chi connectivity index (χ2n) is 5.49. The van der Waals surface area contributed by atoms with Crippen molar-refractivity contribution in [3.63, 3.8) is 0 Å². The van der Waals surface area contributed by atoms with E-state index < -0.39 is 0 Å². The number of benzene rings is 2. The summed E-state index contributed by atoms with van der Waals surface area (Å²) in [5.74, 6) is 0.169. The van der Waals surface area contributed by atoms with Crippen molar-refractivity contribution in [1.82, 2.24) is 0 Å². The number of nitrogens with one attached hydrogen (secondary N) is 1. The molecule has 24 heavy (non-hydrogen) atoms. The smallest absolute Gasteiger partial charge is 0.337 e. The molecule has 2 aromatic carbocycles. The fourth-order valence-electron chi connectivity index (χ4n) is 2.50. The van der Waals surface area contributed by atoms with Crippen LogP contribution in [0.1, 0.15) is 27.0 Å². The first kappa shape index (κ1) is 15.8. The van der Waals surface area contributed by atoms with Gasteiger partial charge >= 0.3 is 5.97 Å². The Bertz CT molecular complexity index is 839. The van der Waals surface area contributed by atoms with Crippen LogP contribution < -0.4 is 10.1 Å². The molecule has 0 aromatic heterocycles. The van der Waals surface area contributed by atoms with Gasteiger partial charge in [-0.2, -0.15) is 0 Å². The van der Waals surface area contributed by atoms with E-state index in [-0.39, 0.29) is 18.5 Å². The number of ether oxygens (including phenoxy) is 2. The third-order valence-corrected chi connectivity index (χ3v) is 3.78. The molecule has 1 heterocycles. The van der Waals surface area contributed by atoms with Gasteiger partial charge in [0, 0.05) is 0 Å². The van der Waals surface area contributed by atoms with Crippen molar-refractivity contribution < 1.29 is 19.1 Å². The lowest BCUT2D eigenvalue weighted by Crippen LogP contribution is -2.25. The fraction of sp³-hybridized carbons (Fsp3) is 0.158. The van der Waals surface area contributed by atoms with Crippen LogP contribution in [0.2, 0.25) is 0 Å². The second-order valence-corrected chi connectivity index (χ2v) is 5.49. The molecule has 0 fully saturated rings. The normalized spacial score (nSPS) is 13.2. The molecule has 0 atom stereocenters. The fourth-order valence-corrected chi connectivity index (χ4v) is 2.50. The van der Waals surface area contributed by atoms with E-state index >= 15 is 0 Å². The van der Waals surface area contributed by atoms with Crippen LogP contribution in [0.5, 0.6) is 5.75 Å². The second kappa shape index (κ2) is 6.58. The predicted molar refractivity (Wildman–Crippen MR) is 92.0 cm³/mol. The summed E-state index contributed by atoms with van der Waals surface area (Å²) in [6.07, 6.45) is 3.91. The molecule has 0 spiro atoms. The molecule has 5 nitrogen and oxygen atoms in total. The summed E-state index contributed by atoms with van der Waals surface area (Å²) in [5.41, 5.74) is 4.12. The summed E-state index contributed by atoms with van der Waals surface area (Å²) in [4.78, 5) is 22.9. The number of fused-ring (bicyclic) bond motifs is 1. The van der Waals surface area contributed by atoms with Crippen molar-refractivity contribution in [2.24, 2.45) is 0 Å². The number of hydrogen-bond donors (Lipinski definition) is 1. The van der Waals surface area contributed by atoms with Gasteiger partial charge in [-0.15, -0.1) is 0 Å². The van der Waals surface area contributed by atoms with Crippen LogP contribution in [0.3, 0.4) is 0 Å². The third-order valence-electron chi connectivity index (χ3n) is 3.78. The minimum atomic E-state index is -0.348. The summed E-state index contributed by atoms with van der Waals surface area (Å²) in [7, 11) is 1.37. The number of hydrogen-bond acceptors (Lipinski definition) is 4. The Hall–Kier alpha value is -3.08. The maximum atomic E-state index is 11.5. The van der Waals surface area contributed by atoms with Crippen LogP contribution in [0.15, 0.2) is 36.4 Å². The highest BCUT2D eigenvalue weighted by Crippen LogP contribution is 2.29. The standard InChI is InChI=1S/C19H17NO4/c1-12-9-15(19(22)23-2)7-6-14(12)5-3-13-4-8-17-16(10-13)20-18(21)11-24-17/h3-10H,11H2,1-2H3,(H,20,21)/b5-3+. The van der Waals surface area contributed by atoms with Crippen LogP contribution in [-0.2, 0) is 9.53 Å². The van der Waals surface area contributed by atoms with Gasteiger partial charge in [0.05, 0.1) is 18.4 Å². The lowest BCUT2D eigenvalue weighted by Gasteiger charge is -2.17. The molecular formula is C19H17NO4. The Balaban J connectivity index is 1.82. The molecular weight excluding hydrogens is 306 g/mol. The molecule has 122 valence electrons. The first-order chi connectivity index (χ1) is 11.6. The molecule has 1 amide bonds. The van der Waals surface area contributed by atoms with Crippen molar-refractivity contribution in [3.8, 4) is 5.75 Å². The Morgan fingerprint density at radius 1 is 1.21 bits per heavy atom. The summed E-state index contributed by atoms with van der Waals surface area (Å²) in [5, 5.41) is 2.79. The van der Waals surface area contributed by atoms with Crippen LogP contribution >= 0.6 is 0 Å². The van der Waals surface area contributed by atoms with Gasteiger partial charge in [0.1, 0.15) is 5.75 Å². The van der Waals surface area contributed by atoms with Gasteiger partial charge in [0.2, 0.25) is 0 Å². The van der Waals surface area contributed by atoms with E-state index in [1.54, 1.807) is 12.1 Å². The number of rotatable bonds is 3. The molecule has 3 rings (SSSR count). The Kier molecular flexibility index (Phi) is 4.33. The lowest BCUT2D eigenvalue weighted by atomic mass is 10.0. The van der Waals surface area contributed by atoms with Gasteiger partial charge < -0.3 is 14.8 Å². The molecule has 0 saturated carbocycles. The first-order valence-electron chi connectivity index (χ1n) is 7.50. The number of carbonyl (C=O) groups is 2. The Morgan fingerprint density at radius 3 is 2.79 bits per heavy atom. The molecule has 0 saturated heterocycles. The highest BCUT2D eigenvalue weighted by atomic mass is 16.5. The highest BCUT2D eigenvalue weighted by molar-refractivity contribution is 5.96. The van der Waals surface area contributed by atoms with Gasteiger partial charge in [0.25, 0.3) is 5.91 Å². The SMILES string of the molecule is COC(=O)c1ccc(/C=C/c2ccc3c(c2)NC(=O)CO3)c(C)c1. The summed E-state index contributed by atoms with van der Waals surface area (Å²) in [6, 6.07) is 11.0. The third kappa shape index (κ3) is 3.30. The number of esters is 1. The van der Waals surface area contributed by atoms with Crippen molar-refractivity contribution in [3.05, 3.63) is 58.7 Å². The van der Waals surface area contributed by atoms with Crippen LogP contribution in [-0.4, -0.2) is 25.6 Å². The molecule has 2 aromatic rings. The van der Waals surface area contributed by atoms with Gasteiger partial charge in [-0.05, 0) is 47.9 Å². The number of methoxy groups -OCH3 is 1. The van der Waals surface area contributed by atoms with Gasteiger partial charge in [-0.3, -0.25) is 4.79 Å². The molecule has 0 radical (unpaired) electrons. The largest absolute Gasteiger partial charge is 0.482 e. The van der Waals surface area contributed by atoms with Crippen molar-refractivity contribution >= 4 is 29.7 Å². The van der Waals surface area contributed by atoms with E-state index in [2.05, 4.69) is 5.32 Å². The van der Waals surface area contributed by atoms with E-state index in [4.69, 9.17) is 9.47 Å². The van der Waals surface area contributed by atoms with Gasteiger partial charge in [-0.25, -0.2) is 4.79 Å². The van der Waals surface area contributed by atoms with Gasteiger partial charge in [0.15, 0.2) is 6.61 Å². The van der Waals surface area contributed by atoms with E-state index in [0.29, 0.717) is 17.0 Å². The first-order valence-corrected chi connectivity index (χ1v) is 7.50. The number of amides is 1. The molecule has 1 N–H and O–H groups in total. The molecule has 0 bridgehead atoms. The number of carbonyl (C=O) groups excluding carboxylic acids is 2. The maximum Gasteiger partial charge on any atom is 0.337 e. The zero-order chi connectivity index (χ0) is 17.1.